The van der Waals surface area contributed by atoms with Crippen LogP contribution in [0.4, 0.5) is 4.79 Å². The lowest BCUT2D eigenvalue weighted by molar-refractivity contribution is 0.203. The quantitative estimate of drug-likeness (QED) is 0.702. The van der Waals surface area contributed by atoms with E-state index in [0.717, 1.165) is 30.0 Å². The molecule has 0 saturated carbocycles. The number of amides is 1. The molecule has 2 aromatic carbocycles. The predicted molar refractivity (Wildman–Crippen MR) is 99.7 cm³/mol. The van der Waals surface area contributed by atoms with Crippen molar-refractivity contribution in [2.75, 3.05) is 13.6 Å². The van der Waals surface area contributed by atoms with Gasteiger partial charge in [0.1, 0.15) is 5.82 Å². The second-order valence-electron chi connectivity index (χ2n) is 6.64. The summed E-state index contributed by atoms with van der Waals surface area (Å²) in [6.07, 6.45) is 2.67. The summed E-state index contributed by atoms with van der Waals surface area (Å²) in [6.45, 7) is 5.00. The van der Waals surface area contributed by atoms with Gasteiger partial charge in [0, 0.05) is 31.8 Å². The van der Waals surface area contributed by atoms with Crippen molar-refractivity contribution < 1.29 is 4.79 Å². The van der Waals surface area contributed by atoms with Gasteiger partial charge in [-0.3, -0.25) is 4.57 Å². The summed E-state index contributed by atoms with van der Waals surface area (Å²) in [5.74, 6) is 0.849. The number of rotatable bonds is 2. The van der Waals surface area contributed by atoms with Crippen LogP contribution in [0.25, 0.3) is 22.4 Å². The number of carbonyl (C=O) groups is 1. The van der Waals surface area contributed by atoms with Crippen molar-refractivity contribution in [1.82, 2.24) is 14.5 Å². The smallest absolute Gasteiger partial charge is 0.327 e. The second-order valence-corrected chi connectivity index (χ2v) is 6.64. The Morgan fingerprint density at radius 2 is 1.64 bits per heavy atom. The highest BCUT2D eigenvalue weighted by molar-refractivity contribution is 5.81. The first-order valence-electron chi connectivity index (χ1n) is 8.56. The maximum absolute atomic E-state index is 12.3. The predicted octanol–water partition coefficient (Wildman–Crippen LogP) is 4.29. The Labute approximate surface area is 147 Å². The Hall–Kier alpha value is -2.88. The average molecular weight is 331 g/mol. The van der Waals surface area contributed by atoms with E-state index in [1.165, 1.54) is 22.3 Å². The van der Waals surface area contributed by atoms with E-state index in [1.54, 1.807) is 9.47 Å². The van der Waals surface area contributed by atoms with E-state index in [4.69, 9.17) is 4.98 Å². The molecule has 0 spiro atoms. The summed E-state index contributed by atoms with van der Waals surface area (Å²) in [7, 11) is 1.83. The van der Waals surface area contributed by atoms with Gasteiger partial charge in [-0.05, 0) is 36.1 Å². The van der Waals surface area contributed by atoms with E-state index in [9.17, 15) is 4.79 Å². The highest BCUT2D eigenvalue weighted by Gasteiger charge is 2.24. The number of nitrogens with zero attached hydrogens (tertiary/aromatic N) is 3. The van der Waals surface area contributed by atoms with Gasteiger partial charge in [-0.2, -0.15) is 0 Å². The fourth-order valence-electron chi connectivity index (χ4n) is 3.47. The minimum absolute atomic E-state index is 0.00437. The lowest BCUT2D eigenvalue weighted by atomic mass is 9.93. The van der Waals surface area contributed by atoms with Crippen molar-refractivity contribution >= 4 is 6.03 Å². The number of hydrogen-bond acceptors (Lipinski definition) is 2. The number of benzene rings is 2. The van der Waals surface area contributed by atoms with Crippen molar-refractivity contribution in [2.45, 2.75) is 20.3 Å². The summed E-state index contributed by atoms with van der Waals surface area (Å²) < 4.78 is 1.68. The highest BCUT2D eigenvalue weighted by Crippen LogP contribution is 2.32. The molecule has 1 aliphatic heterocycles. The first-order valence-corrected chi connectivity index (χ1v) is 8.56. The molecule has 1 amide bonds. The van der Waals surface area contributed by atoms with Crippen LogP contribution in [-0.2, 0) is 6.42 Å². The van der Waals surface area contributed by atoms with Crippen LogP contribution in [0.5, 0.6) is 0 Å². The third-order valence-corrected chi connectivity index (χ3v) is 5.13. The Morgan fingerprint density at radius 3 is 2.40 bits per heavy atom. The molecule has 2 heterocycles. The van der Waals surface area contributed by atoms with Gasteiger partial charge in [-0.15, -0.1) is 0 Å². The standard InChI is InChI=1S/C21H21N3O/c1-14-15(2)18(10-9-17(14)16-7-5-4-6-8-16)19-13-24-20(22-19)11-12-23(3)21(24)25/h4-10,13H,11-12H2,1-3H3. The molecule has 0 N–H and O–H groups in total. The molecule has 3 aromatic rings. The maximum Gasteiger partial charge on any atom is 0.329 e. The minimum Gasteiger partial charge on any atom is -0.327 e. The van der Waals surface area contributed by atoms with Crippen LogP contribution in [-0.4, -0.2) is 34.1 Å². The zero-order chi connectivity index (χ0) is 17.6. The summed E-state index contributed by atoms with van der Waals surface area (Å²) in [4.78, 5) is 18.8. The summed E-state index contributed by atoms with van der Waals surface area (Å²) in [5.41, 5.74) is 6.88. The zero-order valence-corrected chi connectivity index (χ0v) is 14.8. The lowest BCUT2D eigenvalue weighted by Crippen LogP contribution is -2.38. The van der Waals surface area contributed by atoms with Crippen LogP contribution in [0.1, 0.15) is 17.0 Å². The third kappa shape index (κ3) is 2.54. The number of hydrogen-bond donors (Lipinski definition) is 0. The first-order chi connectivity index (χ1) is 12.1. The number of likely N-dealkylation sites (N-methyl/N-ethyl adjacent to an activating group) is 1. The largest absolute Gasteiger partial charge is 0.329 e. The maximum atomic E-state index is 12.3. The molecule has 0 unspecified atom stereocenters. The summed E-state index contributed by atoms with van der Waals surface area (Å²) in [5, 5.41) is 0. The van der Waals surface area contributed by atoms with Crippen molar-refractivity contribution in [3.8, 4) is 22.4 Å². The van der Waals surface area contributed by atoms with Crippen LogP contribution >= 0.6 is 0 Å². The highest BCUT2D eigenvalue weighted by atomic mass is 16.2. The lowest BCUT2D eigenvalue weighted by Gasteiger charge is -2.22. The van der Waals surface area contributed by atoms with E-state index < -0.39 is 0 Å². The van der Waals surface area contributed by atoms with Crippen LogP contribution in [0.3, 0.4) is 0 Å². The monoisotopic (exact) mass is 331 g/mol. The van der Waals surface area contributed by atoms with Crippen LogP contribution in [0.2, 0.25) is 0 Å². The van der Waals surface area contributed by atoms with E-state index >= 15 is 0 Å². The van der Waals surface area contributed by atoms with E-state index in [0.29, 0.717) is 0 Å². The molecule has 0 atom stereocenters. The zero-order valence-electron chi connectivity index (χ0n) is 14.8. The molecule has 0 radical (unpaired) electrons. The molecule has 0 bridgehead atoms. The van der Waals surface area contributed by atoms with Gasteiger partial charge in [0.2, 0.25) is 0 Å². The third-order valence-electron chi connectivity index (χ3n) is 5.13. The Morgan fingerprint density at radius 1 is 0.960 bits per heavy atom. The molecule has 25 heavy (non-hydrogen) atoms. The van der Waals surface area contributed by atoms with Gasteiger partial charge in [0.25, 0.3) is 0 Å². The van der Waals surface area contributed by atoms with Crippen LogP contribution in [0.15, 0.2) is 48.7 Å². The van der Waals surface area contributed by atoms with E-state index in [-0.39, 0.29) is 6.03 Å². The molecule has 1 aromatic heterocycles. The molecule has 126 valence electrons. The Bertz CT molecular complexity index is 957. The Kier molecular flexibility index (Phi) is 3.68. The summed E-state index contributed by atoms with van der Waals surface area (Å²) in [6, 6.07) is 14.7. The van der Waals surface area contributed by atoms with Gasteiger partial charge in [-0.25, -0.2) is 9.78 Å². The number of fused-ring (bicyclic) bond motifs is 1. The molecule has 0 aliphatic carbocycles. The molecule has 1 aliphatic rings. The summed E-state index contributed by atoms with van der Waals surface area (Å²) >= 11 is 0. The van der Waals surface area contributed by atoms with Gasteiger partial charge in [0.15, 0.2) is 0 Å². The SMILES string of the molecule is Cc1c(-c2ccccc2)ccc(-c2cn3c(n2)CCN(C)C3=O)c1C. The number of imidazole rings is 1. The van der Waals surface area contributed by atoms with Gasteiger partial charge in [-0.1, -0.05) is 42.5 Å². The first kappa shape index (κ1) is 15.6. The van der Waals surface area contributed by atoms with Crippen molar-refractivity contribution in [2.24, 2.45) is 0 Å². The second kappa shape index (κ2) is 5.88. The Balaban J connectivity index is 1.79. The molecular weight excluding hydrogens is 310 g/mol. The number of carbonyl (C=O) groups excluding carboxylic acids is 1. The van der Waals surface area contributed by atoms with Crippen molar-refractivity contribution in [3.05, 3.63) is 65.6 Å². The van der Waals surface area contributed by atoms with Crippen LogP contribution in [0, 0.1) is 13.8 Å². The van der Waals surface area contributed by atoms with Gasteiger partial charge >= 0.3 is 6.03 Å². The van der Waals surface area contributed by atoms with Gasteiger partial charge < -0.3 is 4.90 Å². The van der Waals surface area contributed by atoms with Gasteiger partial charge in [0.05, 0.1) is 5.69 Å². The average Bonchev–Trinajstić information content (AvgIpc) is 3.06. The minimum atomic E-state index is -0.00437. The molecule has 4 rings (SSSR count). The fourth-order valence-corrected chi connectivity index (χ4v) is 3.47. The molecule has 4 heteroatoms. The van der Waals surface area contributed by atoms with E-state index in [1.807, 2.05) is 19.3 Å². The normalized spacial score (nSPS) is 13.9. The molecule has 4 nitrogen and oxygen atoms in total. The molecule has 0 saturated heterocycles. The molecular formula is C21H21N3O. The molecule has 0 fully saturated rings. The number of aromatic nitrogens is 2. The van der Waals surface area contributed by atoms with E-state index in [2.05, 4.69) is 50.2 Å². The van der Waals surface area contributed by atoms with Crippen LogP contribution < -0.4 is 0 Å². The fraction of sp³-hybridized carbons (Fsp3) is 0.238. The topological polar surface area (TPSA) is 38.1 Å². The van der Waals surface area contributed by atoms with Crippen molar-refractivity contribution in [3.63, 3.8) is 0 Å². The van der Waals surface area contributed by atoms with Crippen molar-refractivity contribution in [1.29, 1.82) is 0 Å².